The van der Waals surface area contributed by atoms with Crippen molar-refractivity contribution in [1.29, 1.82) is 0 Å². The fourth-order valence-corrected chi connectivity index (χ4v) is 0.0659. The van der Waals surface area contributed by atoms with Crippen molar-refractivity contribution in [3.8, 4) is 0 Å². The van der Waals surface area contributed by atoms with Gasteiger partial charge < -0.3 is 5.73 Å². The molecule has 4 heteroatoms. The summed E-state index contributed by atoms with van der Waals surface area (Å²) in [5, 5.41) is 0. The maximum atomic E-state index is 12.1. The lowest BCUT2D eigenvalue weighted by Crippen LogP contribution is -2.38. The summed E-state index contributed by atoms with van der Waals surface area (Å²) < 4.78 is 23.4. The highest BCUT2D eigenvalue weighted by molar-refractivity contribution is 5.82. The number of alkyl halides is 2. The van der Waals surface area contributed by atoms with Gasteiger partial charge in [-0.2, -0.15) is 0 Å². The summed E-state index contributed by atoms with van der Waals surface area (Å²) in [7, 11) is 0. The predicted molar refractivity (Wildman–Crippen MR) is 24.7 cm³/mol. The van der Waals surface area contributed by atoms with Gasteiger partial charge in [-0.15, -0.1) is 0 Å². The first kappa shape index (κ1) is 7.33. The van der Waals surface area contributed by atoms with Gasteiger partial charge >= 0.3 is 0 Å². The monoisotopic (exact) mass is 123 g/mol. The molecule has 1 amide bonds. The number of hydrogen-bond donors (Lipinski definition) is 1. The molecular weight excluding hydrogens is 116 g/mol. The third-order valence-corrected chi connectivity index (χ3v) is 0.765. The number of carbonyl (C=O) groups excluding carboxylic acids is 1. The molecule has 0 aliphatic heterocycles. The molecule has 0 aromatic heterocycles. The average molecular weight is 123 g/mol. The molecule has 0 aliphatic carbocycles. The quantitative estimate of drug-likeness (QED) is 0.558. The van der Waals surface area contributed by atoms with Crippen LogP contribution in [0.4, 0.5) is 8.78 Å². The maximum absolute atomic E-state index is 12.1. The van der Waals surface area contributed by atoms with Gasteiger partial charge in [-0.3, -0.25) is 4.79 Å². The predicted octanol–water partition coefficient (Wildman–Crippen LogP) is 0.169. The maximum Gasteiger partial charge on any atom is 0.257 e. The van der Waals surface area contributed by atoms with Gasteiger partial charge in [0.1, 0.15) is 6.67 Å². The normalized spacial score (nSPS) is 17.4. The van der Waals surface area contributed by atoms with Gasteiger partial charge in [-0.05, 0) is 6.92 Å². The first-order chi connectivity index (χ1) is 3.50. The SMILES string of the molecule is CC(F)(CF)C(N)=O. The molecule has 1 atom stereocenters. The van der Waals surface area contributed by atoms with E-state index in [4.69, 9.17) is 0 Å². The summed E-state index contributed by atoms with van der Waals surface area (Å²) in [6, 6.07) is 0. The van der Waals surface area contributed by atoms with Crippen LogP contribution in [-0.4, -0.2) is 18.3 Å². The minimum Gasteiger partial charge on any atom is -0.367 e. The van der Waals surface area contributed by atoms with Crippen LogP contribution in [0.15, 0.2) is 0 Å². The minimum atomic E-state index is -2.49. The molecule has 0 rings (SSSR count). The number of carbonyl (C=O) groups is 1. The van der Waals surface area contributed by atoms with Gasteiger partial charge in [0, 0.05) is 0 Å². The lowest BCUT2D eigenvalue weighted by Gasteiger charge is -2.08. The number of halogens is 2. The zero-order valence-corrected chi connectivity index (χ0v) is 4.45. The van der Waals surface area contributed by atoms with Crippen molar-refractivity contribution in [2.75, 3.05) is 6.67 Å². The molecule has 0 aromatic carbocycles. The molecule has 1 unspecified atom stereocenters. The lowest BCUT2D eigenvalue weighted by molar-refractivity contribution is -0.129. The van der Waals surface area contributed by atoms with Gasteiger partial charge in [-0.1, -0.05) is 0 Å². The molecule has 2 nitrogen and oxygen atoms in total. The zero-order valence-electron chi connectivity index (χ0n) is 4.45. The van der Waals surface area contributed by atoms with E-state index in [1.54, 1.807) is 0 Å². The van der Waals surface area contributed by atoms with Crippen molar-refractivity contribution >= 4 is 5.91 Å². The van der Waals surface area contributed by atoms with Gasteiger partial charge in [-0.25, -0.2) is 8.78 Å². The molecule has 8 heavy (non-hydrogen) atoms. The fourth-order valence-electron chi connectivity index (χ4n) is 0.0659. The van der Waals surface area contributed by atoms with E-state index < -0.39 is 18.3 Å². The molecular formula is C4H7F2NO. The summed E-state index contributed by atoms with van der Waals surface area (Å²) in [5.74, 6) is -1.26. The van der Waals surface area contributed by atoms with Crippen LogP contribution in [-0.2, 0) is 4.79 Å². The highest BCUT2D eigenvalue weighted by Gasteiger charge is 2.29. The lowest BCUT2D eigenvalue weighted by atomic mass is 10.1. The van der Waals surface area contributed by atoms with Crippen molar-refractivity contribution in [2.24, 2.45) is 5.73 Å². The summed E-state index contributed by atoms with van der Waals surface area (Å²) in [4.78, 5) is 9.86. The first-order valence-electron chi connectivity index (χ1n) is 2.05. The van der Waals surface area contributed by atoms with E-state index >= 15 is 0 Å². The standard InChI is InChI=1S/C4H7F2NO/c1-4(6,2-5)3(7)8/h2H2,1H3,(H2,7,8). The van der Waals surface area contributed by atoms with E-state index in [9.17, 15) is 13.6 Å². The van der Waals surface area contributed by atoms with Gasteiger partial charge in [0.25, 0.3) is 5.91 Å². The molecule has 0 bridgehead atoms. The van der Waals surface area contributed by atoms with Crippen LogP contribution in [0.25, 0.3) is 0 Å². The van der Waals surface area contributed by atoms with Crippen LogP contribution in [0.3, 0.4) is 0 Å². The molecule has 0 radical (unpaired) electrons. The Kier molecular flexibility index (Phi) is 1.89. The van der Waals surface area contributed by atoms with E-state index in [2.05, 4.69) is 5.73 Å². The van der Waals surface area contributed by atoms with Crippen LogP contribution >= 0.6 is 0 Å². The molecule has 2 N–H and O–H groups in total. The Morgan fingerprint density at radius 1 is 1.88 bits per heavy atom. The van der Waals surface area contributed by atoms with Crippen LogP contribution in [0.1, 0.15) is 6.92 Å². The molecule has 0 saturated carbocycles. The number of nitrogens with two attached hydrogens (primary N) is 1. The van der Waals surface area contributed by atoms with Crippen molar-refractivity contribution in [3.05, 3.63) is 0 Å². The molecule has 48 valence electrons. The number of amides is 1. The molecule has 0 aromatic rings. The van der Waals surface area contributed by atoms with Crippen LogP contribution < -0.4 is 5.73 Å². The smallest absolute Gasteiger partial charge is 0.257 e. The third kappa shape index (κ3) is 1.44. The molecule has 0 heterocycles. The largest absolute Gasteiger partial charge is 0.367 e. The van der Waals surface area contributed by atoms with E-state index in [1.807, 2.05) is 0 Å². The van der Waals surface area contributed by atoms with Crippen LogP contribution in [0.2, 0.25) is 0 Å². The first-order valence-corrected chi connectivity index (χ1v) is 2.05. The summed E-state index contributed by atoms with van der Waals surface area (Å²) >= 11 is 0. The highest BCUT2D eigenvalue weighted by Crippen LogP contribution is 2.08. The van der Waals surface area contributed by atoms with Crippen molar-refractivity contribution < 1.29 is 13.6 Å². The second kappa shape index (κ2) is 2.07. The Balaban J connectivity index is 3.91. The molecule has 0 aliphatic rings. The second-order valence-corrected chi connectivity index (χ2v) is 1.70. The van der Waals surface area contributed by atoms with Crippen LogP contribution in [0, 0.1) is 0 Å². The number of rotatable bonds is 2. The molecule has 0 fully saturated rings. The van der Waals surface area contributed by atoms with Crippen molar-refractivity contribution in [2.45, 2.75) is 12.6 Å². The van der Waals surface area contributed by atoms with Gasteiger partial charge in [0.2, 0.25) is 5.67 Å². The summed E-state index contributed by atoms with van der Waals surface area (Å²) in [6.07, 6.45) is 0. The zero-order chi connectivity index (χ0) is 6.78. The minimum absolute atomic E-state index is 0.801. The van der Waals surface area contributed by atoms with E-state index in [1.165, 1.54) is 0 Å². The summed E-state index contributed by atoms with van der Waals surface area (Å²) in [6.45, 7) is -0.558. The van der Waals surface area contributed by atoms with Gasteiger partial charge in [0.15, 0.2) is 0 Å². The van der Waals surface area contributed by atoms with Crippen LogP contribution in [0.5, 0.6) is 0 Å². The third-order valence-electron chi connectivity index (χ3n) is 0.765. The van der Waals surface area contributed by atoms with Gasteiger partial charge in [0.05, 0.1) is 0 Å². The number of primary amides is 1. The van der Waals surface area contributed by atoms with E-state index in [0.29, 0.717) is 0 Å². The van der Waals surface area contributed by atoms with Crippen molar-refractivity contribution in [1.82, 2.24) is 0 Å². The Morgan fingerprint density at radius 2 is 2.25 bits per heavy atom. The van der Waals surface area contributed by atoms with E-state index in [-0.39, 0.29) is 0 Å². The topological polar surface area (TPSA) is 43.1 Å². The average Bonchev–Trinajstić information content (AvgIpc) is 1.67. The second-order valence-electron chi connectivity index (χ2n) is 1.70. The Hall–Kier alpha value is -0.670. The summed E-state index contributed by atoms with van der Waals surface area (Å²) in [5.41, 5.74) is 1.94. The fraction of sp³-hybridized carbons (Fsp3) is 0.750. The van der Waals surface area contributed by atoms with E-state index in [0.717, 1.165) is 6.92 Å². The molecule has 0 saturated heterocycles. The number of hydrogen-bond acceptors (Lipinski definition) is 1. The van der Waals surface area contributed by atoms with Crippen molar-refractivity contribution in [3.63, 3.8) is 0 Å². The Bertz CT molecular complexity index is 102. The Labute approximate surface area is 45.7 Å². The Morgan fingerprint density at radius 3 is 2.25 bits per heavy atom. The highest BCUT2D eigenvalue weighted by atomic mass is 19.2. The molecule has 0 spiro atoms.